The van der Waals surface area contributed by atoms with Crippen LogP contribution >= 0.6 is 0 Å². The zero-order valence-corrected chi connectivity index (χ0v) is 14.3. The molecule has 7 heteroatoms. The van der Waals surface area contributed by atoms with Gasteiger partial charge < -0.3 is 18.0 Å². The van der Waals surface area contributed by atoms with E-state index < -0.39 is 14.3 Å². The number of hydrogen-bond donors (Lipinski definition) is 0. The summed E-state index contributed by atoms with van der Waals surface area (Å²) in [6.45, 7) is 2.02. The Morgan fingerprint density at radius 2 is 1.90 bits per heavy atom. The van der Waals surface area contributed by atoms with E-state index in [1.54, 1.807) is 27.4 Å². The highest BCUT2D eigenvalue weighted by molar-refractivity contribution is 6.60. The van der Waals surface area contributed by atoms with E-state index in [1.807, 2.05) is 6.92 Å². The van der Waals surface area contributed by atoms with Crippen LogP contribution in [-0.2, 0) is 22.8 Å². The molecule has 0 aromatic carbocycles. The number of epoxide rings is 1. The van der Waals surface area contributed by atoms with Crippen LogP contribution in [0, 0.1) is 5.92 Å². The summed E-state index contributed by atoms with van der Waals surface area (Å²) in [7, 11) is 2.15. The van der Waals surface area contributed by atoms with Crippen molar-refractivity contribution >= 4 is 14.9 Å². The maximum absolute atomic E-state index is 10.9. The molecule has 1 aliphatic carbocycles. The highest BCUT2D eigenvalue weighted by atomic mass is 28.4. The molecule has 0 radical (unpaired) electrons. The minimum absolute atomic E-state index is 0.333. The van der Waals surface area contributed by atoms with E-state index in [0.717, 1.165) is 19.3 Å². The van der Waals surface area contributed by atoms with E-state index in [9.17, 15) is 4.79 Å². The SMILES string of the molecule is CO[Si](CCC(C)(N=C=O)C1CCC2OC2C1)(OC)OC. The molecule has 2 fully saturated rings. The predicted octanol–water partition coefficient (Wildman–Crippen LogP) is 1.92. The van der Waals surface area contributed by atoms with Gasteiger partial charge in [-0.05, 0) is 38.5 Å². The zero-order valence-electron chi connectivity index (χ0n) is 13.3. The van der Waals surface area contributed by atoms with E-state index in [2.05, 4.69) is 4.99 Å². The second kappa shape index (κ2) is 6.69. The first-order chi connectivity index (χ1) is 10.0. The summed E-state index contributed by atoms with van der Waals surface area (Å²) in [6.07, 6.45) is 6.29. The lowest BCUT2D eigenvalue weighted by Gasteiger charge is -2.36. The lowest BCUT2D eigenvalue weighted by atomic mass is 9.74. The molecule has 0 spiro atoms. The minimum atomic E-state index is -2.65. The van der Waals surface area contributed by atoms with Crippen LogP contribution < -0.4 is 0 Å². The highest BCUT2D eigenvalue weighted by Crippen LogP contribution is 2.46. The normalized spacial score (nSPS) is 31.0. The van der Waals surface area contributed by atoms with Crippen molar-refractivity contribution in [3.8, 4) is 0 Å². The molecular weight excluding hydrogens is 290 g/mol. The van der Waals surface area contributed by atoms with Crippen LogP contribution in [-0.4, -0.2) is 54.0 Å². The summed E-state index contributed by atoms with van der Waals surface area (Å²) in [6, 6.07) is 0.629. The first kappa shape index (κ1) is 16.8. The van der Waals surface area contributed by atoms with Crippen molar-refractivity contribution in [3.05, 3.63) is 0 Å². The van der Waals surface area contributed by atoms with E-state index in [1.165, 1.54) is 0 Å². The number of carbonyl (C=O) groups excluding carboxylic acids is 1. The molecule has 0 bridgehead atoms. The van der Waals surface area contributed by atoms with Crippen LogP contribution in [0.25, 0.3) is 0 Å². The van der Waals surface area contributed by atoms with E-state index in [0.29, 0.717) is 30.6 Å². The smallest absolute Gasteiger partial charge is 0.377 e. The molecular formula is C14H25NO5Si. The maximum Gasteiger partial charge on any atom is 0.500 e. The Bertz CT molecular complexity index is 402. The van der Waals surface area contributed by atoms with Gasteiger partial charge in [-0.3, -0.25) is 0 Å². The molecule has 120 valence electrons. The number of ether oxygens (including phenoxy) is 1. The Morgan fingerprint density at radius 1 is 1.24 bits per heavy atom. The molecule has 6 nitrogen and oxygen atoms in total. The van der Waals surface area contributed by atoms with Gasteiger partial charge in [0, 0.05) is 27.4 Å². The Kier molecular flexibility index (Phi) is 5.35. The molecule has 21 heavy (non-hydrogen) atoms. The number of hydrogen-bond acceptors (Lipinski definition) is 6. The van der Waals surface area contributed by atoms with Crippen LogP contribution in [0.5, 0.6) is 0 Å². The summed E-state index contributed by atoms with van der Waals surface area (Å²) in [5.41, 5.74) is -0.452. The summed E-state index contributed by atoms with van der Waals surface area (Å²) in [5, 5.41) is 0. The molecule has 2 rings (SSSR count). The topological polar surface area (TPSA) is 69.7 Å². The second-order valence-corrected chi connectivity index (χ2v) is 9.17. The van der Waals surface area contributed by atoms with Crippen molar-refractivity contribution in [1.29, 1.82) is 0 Å². The monoisotopic (exact) mass is 315 g/mol. The van der Waals surface area contributed by atoms with Crippen molar-refractivity contribution in [2.75, 3.05) is 21.3 Å². The second-order valence-electron chi connectivity index (χ2n) is 6.08. The van der Waals surface area contributed by atoms with Gasteiger partial charge in [0.05, 0.1) is 17.7 Å². The molecule has 0 amide bonds. The van der Waals surface area contributed by atoms with Crippen LogP contribution in [0.2, 0.25) is 6.04 Å². The molecule has 1 saturated heterocycles. The van der Waals surface area contributed by atoms with Gasteiger partial charge in [0.2, 0.25) is 6.08 Å². The first-order valence-corrected chi connectivity index (χ1v) is 9.35. The minimum Gasteiger partial charge on any atom is -0.377 e. The standard InChI is InChI=1S/C14H25NO5Si/c1-14(15-10-16,7-8-21(17-2,18-3)19-4)11-5-6-12-13(9-11)20-12/h11-13H,5-9H2,1-4H3. The van der Waals surface area contributed by atoms with Crippen molar-refractivity contribution in [2.45, 2.75) is 56.4 Å². The average Bonchev–Trinajstić information content (AvgIpc) is 3.28. The first-order valence-electron chi connectivity index (χ1n) is 7.42. The third-order valence-electron chi connectivity index (χ3n) is 5.06. The fraction of sp³-hybridized carbons (Fsp3) is 0.929. The van der Waals surface area contributed by atoms with Gasteiger partial charge in [-0.15, -0.1) is 0 Å². The third kappa shape index (κ3) is 3.61. The number of fused-ring (bicyclic) bond motifs is 1. The van der Waals surface area contributed by atoms with Crippen LogP contribution in [0.4, 0.5) is 0 Å². The van der Waals surface area contributed by atoms with Gasteiger partial charge in [0.15, 0.2) is 0 Å². The molecule has 4 atom stereocenters. The van der Waals surface area contributed by atoms with Gasteiger partial charge >= 0.3 is 8.80 Å². The van der Waals surface area contributed by atoms with Crippen LogP contribution in [0.3, 0.4) is 0 Å². The fourth-order valence-electron chi connectivity index (χ4n) is 3.39. The molecule has 0 aromatic rings. The molecule has 2 aliphatic rings. The molecule has 0 N–H and O–H groups in total. The van der Waals surface area contributed by atoms with Crippen LogP contribution in [0.1, 0.15) is 32.6 Å². The lowest BCUT2D eigenvalue weighted by molar-refractivity contribution is 0.117. The van der Waals surface area contributed by atoms with E-state index in [-0.39, 0.29) is 0 Å². The Labute approximate surface area is 127 Å². The number of aliphatic imine (C=N–C) groups is 1. The Hall–Kier alpha value is -0.563. The van der Waals surface area contributed by atoms with Crippen molar-refractivity contribution in [1.82, 2.24) is 0 Å². The summed E-state index contributed by atoms with van der Waals surface area (Å²) in [4.78, 5) is 15.0. The highest BCUT2D eigenvalue weighted by Gasteiger charge is 2.50. The summed E-state index contributed by atoms with van der Waals surface area (Å²) in [5.74, 6) is 0.333. The fourth-order valence-corrected chi connectivity index (χ4v) is 5.31. The summed E-state index contributed by atoms with van der Waals surface area (Å²) >= 11 is 0. The van der Waals surface area contributed by atoms with Crippen molar-refractivity contribution in [2.24, 2.45) is 10.9 Å². The molecule has 1 saturated carbocycles. The van der Waals surface area contributed by atoms with Gasteiger partial charge in [0.1, 0.15) is 0 Å². The van der Waals surface area contributed by atoms with E-state index >= 15 is 0 Å². The lowest BCUT2D eigenvalue weighted by Crippen LogP contribution is -2.46. The molecule has 1 heterocycles. The average molecular weight is 315 g/mol. The van der Waals surface area contributed by atoms with Crippen molar-refractivity contribution in [3.63, 3.8) is 0 Å². The molecule has 0 aromatic heterocycles. The number of rotatable bonds is 8. The third-order valence-corrected chi connectivity index (χ3v) is 7.78. The van der Waals surface area contributed by atoms with Gasteiger partial charge in [-0.2, -0.15) is 4.99 Å². The zero-order chi connectivity index (χ0) is 15.5. The Balaban J connectivity index is 2.05. The van der Waals surface area contributed by atoms with Gasteiger partial charge in [-0.25, -0.2) is 4.79 Å². The van der Waals surface area contributed by atoms with Crippen LogP contribution in [0.15, 0.2) is 4.99 Å². The number of isocyanates is 1. The maximum atomic E-state index is 10.9. The molecule has 1 aliphatic heterocycles. The Morgan fingerprint density at radius 3 is 2.43 bits per heavy atom. The molecule has 4 unspecified atom stereocenters. The predicted molar refractivity (Wildman–Crippen MR) is 78.7 cm³/mol. The quantitative estimate of drug-likeness (QED) is 0.296. The summed E-state index contributed by atoms with van der Waals surface area (Å²) < 4.78 is 22.0. The number of nitrogens with zero attached hydrogens (tertiary/aromatic N) is 1. The van der Waals surface area contributed by atoms with Crippen molar-refractivity contribution < 1.29 is 22.8 Å². The van der Waals surface area contributed by atoms with Gasteiger partial charge in [-0.1, -0.05) is 0 Å². The van der Waals surface area contributed by atoms with Gasteiger partial charge in [0.25, 0.3) is 0 Å². The largest absolute Gasteiger partial charge is 0.500 e. The van der Waals surface area contributed by atoms with E-state index in [4.69, 9.17) is 18.0 Å².